The van der Waals surface area contributed by atoms with Crippen molar-refractivity contribution in [1.82, 2.24) is 10.2 Å². The number of amides is 2. The molecule has 2 aromatic rings. The first kappa shape index (κ1) is 22.4. The number of hydrogen-bond donors (Lipinski definition) is 2. The average molecular weight is 463 g/mol. The number of nitrogens with one attached hydrogen (secondary N) is 1. The Morgan fingerprint density at radius 2 is 1.56 bits per heavy atom. The van der Waals surface area contributed by atoms with E-state index in [9.17, 15) is 14.4 Å². The Balaban J connectivity index is 1.11. The van der Waals surface area contributed by atoms with Crippen molar-refractivity contribution in [1.29, 1.82) is 0 Å². The van der Waals surface area contributed by atoms with E-state index in [0.29, 0.717) is 19.6 Å². The maximum absolute atomic E-state index is 12.7. The molecule has 0 spiro atoms. The predicted molar refractivity (Wildman–Crippen MR) is 126 cm³/mol. The molecule has 2 N–H and O–H groups in total. The highest BCUT2D eigenvalue weighted by molar-refractivity contribution is 5.80. The number of alkyl carbamates (subject to hydrolysis) is 1. The lowest BCUT2D eigenvalue weighted by molar-refractivity contribution is -0.141. The summed E-state index contributed by atoms with van der Waals surface area (Å²) in [6, 6.07) is 16.4. The number of piperidine rings is 1. The van der Waals surface area contributed by atoms with Crippen molar-refractivity contribution in [3.63, 3.8) is 0 Å². The summed E-state index contributed by atoms with van der Waals surface area (Å²) < 4.78 is 5.59. The fraction of sp³-hybridized carbons (Fsp3) is 0.444. The third kappa shape index (κ3) is 4.15. The van der Waals surface area contributed by atoms with E-state index in [2.05, 4.69) is 29.6 Å². The van der Waals surface area contributed by atoms with E-state index in [1.54, 1.807) is 4.90 Å². The van der Waals surface area contributed by atoms with Crippen LogP contribution in [-0.4, -0.2) is 54.2 Å². The molecule has 0 radical (unpaired) electrons. The molecule has 1 aliphatic heterocycles. The van der Waals surface area contributed by atoms with Crippen LogP contribution in [0, 0.1) is 23.2 Å². The fourth-order valence-electron chi connectivity index (χ4n) is 5.64. The van der Waals surface area contributed by atoms with E-state index in [-0.39, 0.29) is 42.6 Å². The summed E-state index contributed by atoms with van der Waals surface area (Å²) in [6.45, 7) is 5.48. The Morgan fingerprint density at radius 3 is 2.12 bits per heavy atom. The average Bonchev–Trinajstić information content (AvgIpc) is 3.16. The van der Waals surface area contributed by atoms with E-state index in [1.165, 1.54) is 11.1 Å². The topological polar surface area (TPSA) is 95.9 Å². The van der Waals surface area contributed by atoms with Gasteiger partial charge >= 0.3 is 12.1 Å². The maximum atomic E-state index is 12.7. The SMILES string of the molecule is CC(C)(CNC(=O)OCC1c2ccccc2-c2ccccc21)CC(=O)N1CC2C(C1)C2C(=O)O. The van der Waals surface area contributed by atoms with Gasteiger partial charge < -0.3 is 20.1 Å². The quantitative estimate of drug-likeness (QED) is 0.654. The highest BCUT2D eigenvalue weighted by atomic mass is 16.5. The van der Waals surface area contributed by atoms with E-state index >= 15 is 0 Å². The number of carboxylic acids is 1. The van der Waals surface area contributed by atoms with Crippen LogP contribution in [0.4, 0.5) is 4.79 Å². The number of hydrogen-bond acceptors (Lipinski definition) is 4. The molecule has 7 heteroatoms. The summed E-state index contributed by atoms with van der Waals surface area (Å²) >= 11 is 0. The lowest BCUT2D eigenvalue weighted by Gasteiger charge is -2.28. The Hall–Kier alpha value is -3.35. The van der Waals surface area contributed by atoms with Crippen molar-refractivity contribution < 1.29 is 24.2 Å². The number of nitrogens with zero attached hydrogens (tertiary/aromatic N) is 1. The molecule has 0 bridgehead atoms. The molecule has 7 nitrogen and oxygen atoms in total. The van der Waals surface area contributed by atoms with Gasteiger partial charge in [-0.2, -0.15) is 0 Å². The van der Waals surface area contributed by atoms with Gasteiger partial charge in [-0.15, -0.1) is 0 Å². The highest BCUT2D eigenvalue weighted by Gasteiger charge is 2.60. The van der Waals surface area contributed by atoms with Gasteiger partial charge in [0.15, 0.2) is 0 Å². The minimum absolute atomic E-state index is 0.00367. The van der Waals surface area contributed by atoms with Crippen LogP contribution in [0.3, 0.4) is 0 Å². The normalized spacial score (nSPS) is 22.5. The van der Waals surface area contributed by atoms with Crippen LogP contribution < -0.4 is 5.32 Å². The second-order valence-electron chi connectivity index (χ2n) is 10.5. The number of carboxylic acid groups (broad SMARTS) is 1. The largest absolute Gasteiger partial charge is 0.481 e. The number of aliphatic carboxylic acids is 1. The zero-order valence-corrected chi connectivity index (χ0v) is 19.5. The maximum Gasteiger partial charge on any atom is 0.407 e. The van der Waals surface area contributed by atoms with Crippen LogP contribution in [0.1, 0.15) is 37.3 Å². The zero-order valence-electron chi connectivity index (χ0n) is 19.5. The van der Waals surface area contributed by atoms with Gasteiger partial charge in [0.05, 0.1) is 5.92 Å². The molecule has 1 saturated heterocycles. The molecule has 2 fully saturated rings. The van der Waals surface area contributed by atoms with E-state index in [0.717, 1.165) is 11.1 Å². The number of fused-ring (bicyclic) bond motifs is 4. The zero-order chi connectivity index (χ0) is 24.0. The summed E-state index contributed by atoms with van der Waals surface area (Å²) in [5.74, 6) is -0.825. The molecular formula is C27H30N2O5. The van der Waals surface area contributed by atoms with Crippen molar-refractivity contribution in [3.8, 4) is 11.1 Å². The Morgan fingerprint density at radius 1 is 1.00 bits per heavy atom. The van der Waals surface area contributed by atoms with E-state index < -0.39 is 17.5 Å². The van der Waals surface area contributed by atoms with Crippen LogP contribution in [-0.2, 0) is 14.3 Å². The second-order valence-corrected chi connectivity index (χ2v) is 10.5. The fourth-order valence-corrected chi connectivity index (χ4v) is 5.64. The van der Waals surface area contributed by atoms with Gasteiger partial charge in [-0.25, -0.2) is 4.79 Å². The molecule has 3 aliphatic rings. The molecule has 2 unspecified atom stereocenters. The van der Waals surface area contributed by atoms with Crippen molar-refractivity contribution in [2.24, 2.45) is 23.2 Å². The van der Waals surface area contributed by atoms with Gasteiger partial charge in [-0.05, 0) is 39.5 Å². The number of rotatable bonds is 7. The number of carbonyl (C=O) groups is 3. The van der Waals surface area contributed by atoms with Crippen molar-refractivity contribution in [2.45, 2.75) is 26.2 Å². The first-order chi connectivity index (χ1) is 16.2. The molecule has 2 amide bonds. The molecule has 1 saturated carbocycles. The van der Waals surface area contributed by atoms with Gasteiger partial charge in [0.25, 0.3) is 0 Å². The van der Waals surface area contributed by atoms with Gasteiger partial charge in [-0.3, -0.25) is 9.59 Å². The number of benzene rings is 2. The molecule has 34 heavy (non-hydrogen) atoms. The van der Waals surface area contributed by atoms with Gasteiger partial charge in [0, 0.05) is 32.0 Å². The first-order valence-electron chi connectivity index (χ1n) is 11.8. The molecule has 1 heterocycles. The Bertz CT molecular complexity index is 1090. The van der Waals surface area contributed by atoms with Gasteiger partial charge in [0.2, 0.25) is 5.91 Å². The minimum Gasteiger partial charge on any atom is -0.481 e. The smallest absolute Gasteiger partial charge is 0.407 e. The molecule has 178 valence electrons. The molecule has 2 aliphatic carbocycles. The van der Waals surface area contributed by atoms with Crippen LogP contribution in [0.15, 0.2) is 48.5 Å². The molecular weight excluding hydrogens is 432 g/mol. The summed E-state index contributed by atoms with van der Waals surface area (Å²) in [4.78, 5) is 38.1. The van der Waals surface area contributed by atoms with E-state index in [1.807, 2.05) is 38.1 Å². The lowest BCUT2D eigenvalue weighted by atomic mass is 9.88. The molecule has 5 rings (SSSR count). The summed E-state index contributed by atoms with van der Waals surface area (Å²) in [5.41, 5.74) is 4.25. The van der Waals surface area contributed by atoms with Crippen molar-refractivity contribution >= 4 is 18.0 Å². The van der Waals surface area contributed by atoms with Crippen molar-refractivity contribution in [3.05, 3.63) is 59.7 Å². The van der Waals surface area contributed by atoms with Crippen LogP contribution in [0.25, 0.3) is 11.1 Å². The van der Waals surface area contributed by atoms with Crippen molar-refractivity contribution in [2.75, 3.05) is 26.2 Å². The van der Waals surface area contributed by atoms with Gasteiger partial charge in [-0.1, -0.05) is 62.4 Å². The predicted octanol–water partition coefficient (Wildman–Crippen LogP) is 3.73. The number of likely N-dealkylation sites (tertiary alicyclic amines) is 1. The van der Waals surface area contributed by atoms with Crippen LogP contribution in [0.5, 0.6) is 0 Å². The first-order valence-corrected chi connectivity index (χ1v) is 11.8. The minimum atomic E-state index is -0.755. The highest BCUT2D eigenvalue weighted by Crippen LogP contribution is 2.52. The lowest BCUT2D eigenvalue weighted by Crippen LogP contribution is -2.40. The Labute approximate surface area is 199 Å². The molecule has 2 aromatic carbocycles. The summed E-state index contributed by atoms with van der Waals surface area (Å²) in [7, 11) is 0. The standard InChI is InChI=1S/C27H30N2O5/c1-27(2,11-23(30)29-12-20-21(13-29)24(20)25(31)32)15-28-26(33)34-14-22-18-9-5-3-7-16(18)17-8-4-6-10-19(17)22/h3-10,20-22,24H,11-15H2,1-2H3,(H,28,33)(H,31,32). The summed E-state index contributed by atoms with van der Waals surface area (Å²) in [5, 5.41) is 12.0. The van der Waals surface area contributed by atoms with Crippen LogP contribution >= 0.6 is 0 Å². The Kier molecular flexibility index (Phi) is 5.58. The molecule has 0 aromatic heterocycles. The third-order valence-electron chi connectivity index (χ3n) is 7.52. The van der Waals surface area contributed by atoms with Crippen LogP contribution in [0.2, 0.25) is 0 Å². The number of carbonyl (C=O) groups excluding carboxylic acids is 2. The monoisotopic (exact) mass is 462 g/mol. The molecule has 2 atom stereocenters. The second kappa shape index (κ2) is 8.46. The number of ether oxygens (including phenoxy) is 1. The van der Waals surface area contributed by atoms with Gasteiger partial charge in [0.1, 0.15) is 6.61 Å². The van der Waals surface area contributed by atoms with E-state index in [4.69, 9.17) is 9.84 Å². The summed E-state index contributed by atoms with van der Waals surface area (Å²) in [6.07, 6.45) is -0.206. The third-order valence-corrected chi connectivity index (χ3v) is 7.52.